The summed E-state index contributed by atoms with van der Waals surface area (Å²) in [6.07, 6.45) is 5.16. The Morgan fingerprint density at radius 3 is 2.84 bits per heavy atom. The molecular formula is C15H22N2O2. The normalized spacial score (nSPS) is 27.2. The third-order valence-electron chi connectivity index (χ3n) is 4.28. The molecule has 1 aliphatic carbocycles. The number of nitrogens with zero attached hydrogens (tertiary/aromatic N) is 1. The zero-order valence-corrected chi connectivity index (χ0v) is 11.4. The number of hydrogen-bond acceptors (Lipinski definition) is 3. The number of benzene rings is 1. The molecule has 1 aromatic carbocycles. The maximum Gasteiger partial charge on any atom is 0.272 e. The molecule has 1 saturated carbocycles. The molecule has 0 spiro atoms. The van der Waals surface area contributed by atoms with Crippen molar-refractivity contribution in [2.75, 3.05) is 0 Å². The molecule has 1 aromatic rings. The van der Waals surface area contributed by atoms with Crippen molar-refractivity contribution in [2.24, 2.45) is 17.6 Å². The van der Waals surface area contributed by atoms with Crippen LogP contribution in [0.2, 0.25) is 0 Å². The summed E-state index contributed by atoms with van der Waals surface area (Å²) in [6.45, 7) is 2.27. The van der Waals surface area contributed by atoms with E-state index in [1.807, 2.05) is 12.1 Å². The molecule has 1 aliphatic rings. The average Bonchev–Trinajstić information content (AvgIpc) is 2.40. The Bertz CT molecular complexity index is 448. The van der Waals surface area contributed by atoms with E-state index >= 15 is 0 Å². The molecule has 4 nitrogen and oxygen atoms in total. The van der Waals surface area contributed by atoms with Crippen LogP contribution < -0.4 is 5.73 Å². The van der Waals surface area contributed by atoms with Gasteiger partial charge in [0, 0.05) is 17.7 Å². The second-order valence-electron chi connectivity index (χ2n) is 5.77. The van der Waals surface area contributed by atoms with Gasteiger partial charge in [-0.25, -0.2) is 0 Å². The Balaban J connectivity index is 2.00. The Hall–Kier alpha value is -1.42. The van der Waals surface area contributed by atoms with Crippen LogP contribution in [0.25, 0.3) is 0 Å². The number of aryl methyl sites for hydroxylation is 1. The molecule has 3 atom stereocenters. The Kier molecular flexibility index (Phi) is 4.53. The van der Waals surface area contributed by atoms with Crippen LogP contribution in [0.4, 0.5) is 5.69 Å². The largest absolute Gasteiger partial charge is 0.327 e. The molecule has 0 heterocycles. The smallest absolute Gasteiger partial charge is 0.272 e. The zero-order valence-electron chi connectivity index (χ0n) is 11.4. The highest BCUT2D eigenvalue weighted by atomic mass is 16.6. The average molecular weight is 262 g/mol. The number of nitrogens with two attached hydrogens (primary N) is 1. The van der Waals surface area contributed by atoms with Gasteiger partial charge < -0.3 is 5.73 Å². The first-order valence-corrected chi connectivity index (χ1v) is 7.05. The first-order valence-electron chi connectivity index (χ1n) is 7.05. The summed E-state index contributed by atoms with van der Waals surface area (Å²) >= 11 is 0. The lowest BCUT2D eigenvalue weighted by molar-refractivity contribution is -0.385. The van der Waals surface area contributed by atoms with Gasteiger partial charge in [-0.05, 0) is 43.9 Å². The summed E-state index contributed by atoms with van der Waals surface area (Å²) in [5.74, 6) is 1.24. The fraction of sp³-hybridized carbons (Fsp3) is 0.600. The van der Waals surface area contributed by atoms with E-state index < -0.39 is 0 Å². The number of nitro groups is 1. The summed E-state index contributed by atoms with van der Waals surface area (Å²) < 4.78 is 0. The van der Waals surface area contributed by atoms with Crippen molar-refractivity contribution in [1.29, 1.82) is 0 Å². The van der Waals surface area contributed by atoms with Gasteiger partial charge in [-0.1, -0.05) is 25.1 Å². The van der Waals surface area contributed by atoms with Crippen LogP contribution in [0.5, 0.6) is 0 Å². The number of para-hydroxylation sites is 1. The van der Waals surface area contributed by atoms with E-state index in [-0.39, 0.29) is 16.7 Å². The summed E-state index contributed by atoms with van der Waals surface area (Å²) in [4.78, 5) is 10.7. The van der Waals surface area contributed by atoms with Crippen LogP contribution in [0.1, 0.15) is 38.2 Å². The van der Waals surface area contributed by atoms with Gasteiger partial charge in [0.1, 0.15) is 0 Å². The van der Waals surface area contributed by atoms with Crippen LogP contribution in [-0.2, 0) is 6.42 Å². The molecule has 104 valence electrons. The van der Waals surface area contributed by atoms with Gasteiger partial charge in [-0.15, -0.1) is 0 Å². The minimum Gasteiger partial charge on any atom is -0.327 e. The predicted octanol–water partition coefficient (Wildman–Crippen LogP) is 3.29. The molecule has 0 aliphatic heterocycles. The van der Waals surface area contributed by atoms with E-state index in [0.717, 1.165) is 37.2 Å². The van der Waals surface area contributed by atoms with Gasteiger partial charge in [0.2, 0.25) is 0 Å². The highest BCUT2D eigenvalue weighted by Crippen LogP contribution is 2.32. The van der Waals surface area contributed by atoms with Gasteiger partial charge in [0.15, 0.2) is 0 Å². The maximum atomic E-state index is 11.0. The number of nitro benzene ring substituents is 1. The standard InChI is InChI=1S/C15H22N2O2/c1-11-6-9-14(16)13(10-11)8-7-12-4-2-3-5-15(12)17(18)19/h2-5,11,13-14H,6-10,16H2,1H3. The van der Waals surface area contributed by atoms with E-state index in [1.54, 1.807) is 12.1 Å². The first kappa shape index (κ1) is 14.0. The second-order valence-corrected chi connectivity index (χ2v) is 5.77. The third-order valence-corrected chi connectivity index (χ3v) is 4.28. The molecule has 0 radical (unpaired) electrons. The Labute approximate surface area is 114 Å². The topological polar surface area (TPSA) is 69.2 Å². The van der Waals surface area contributed by atoms with E-state index in [1.165, 1.54) is 6.42 Å². The number of rotatable bonds is 4. The van der Waals surface area contributed by atoms with Gasteiger partial charge in [0.25, 0.3) is 5.69 Å². The molecule has 2 N–H and O–H groups in total. The second kappa shape index (κ2) is 6.15. The molecule has 0 aromatic heterocycles. The minimum atomic E-state index is -0.293. The SMILES string of the molecule is CC1CCC(N)C(CCc2ccccc2[N+](=O)[O-])C1. The van der Waals surface area contributed by atoms with Gasteiger partial charge in [-0.2, -0.15) is 0 Å². The molecule has 0 saturated heterocycles. The Morgan fingerprint density at radius 1 is 1.37 bits per heavy atom. The maximum absolute atomic E-state index is 11.0. The Morgan fingerprint density at radius 2 is 2.11 bits per heavy atom. The van der Waals surface area contributed by atoms with Crippen molar-refractivity contribution in [2.45, 2.75) is 45.1 Å². The summed E-state index contributed by atoms with van der Waals surface area (Å²) in [5, 5.41) is 11.0. The van der Waals surface area contributed by atoms with Crippen molar-refractivity contribution in [3.8, 4) is 0 Å². The van der Waals surface area contributed by atoms with Gasteiger partial charge >= 0.3 is 0 Å². The van der Waals surface area contributed by atoms with Gasteiger partial charge in [-0.3, -0.25) is 10.1 Å². The first-order chi connectivity index (χ1) is 9.08. The van der Waals surface area contributed by atoms with Crippen LogP contribution in [0, 0.1) is 22.0 Å². The molecule has 4 heteroatoms. The molecule has 19 heavy (non-hydrogen) atoms. The van der Waals surface area contributed by atoms with E-state index in [9.17, 15) is 10.1 Å². The molecular weight excluding hydrogens is 240 g/mol. The number of hydrogen-bond donors (Lipinski definition) is 1. The van der Waals surface area contributed by atoms with Crippen LogP contribution in [-0.4, -0.2) is 11.0 Å². The quantitative estimate of drug-likeness (QED) is 0.668. The third kappa shape index (κ3) is 3.53. The van der Waals surface area contributed by atoms with Crippen molar-refractivity contribution in [3.05, 3.63) is 39.9 Å². The highest BCUT2D eigenvalue weighted by molar-refractivity contribution is 5.39. The summed E-state index contributed by atoms with van der Waals surface area (Å²) in [6, 6.07) is 7.29. The zero-order chi connectivity index (χ0) is 13.8. The van der Waals surface area contributed by atoms with Crippen LogP contribution in [0.3, 0.4) is 0 Å². The lowest BCUT2D eigenvalue weighted by atomic mass is 9.76. The van der Waals surface area contributed by atoms with Crippen molar-refractivity contribution in [1.82, 2.24) is 0 Å². The summed E-state index contributed by atoms with van der Waals surface area (Å²) in [7, 11) is 0. The van der Waals surface area contributed by atoms with Gasteiger partial charge in [0.05, 0.1) is 4.92 Å². The summed E-state index contributed by atoms with van der Waals surface area (Å²) in [5.41, 5.74) is 7.24. The molecule has 3 unspecified atom stereocenters. The monoisotopic (exact) mass is 262 g/mol. The minimum absolute atomic E-state index is 0.236. The van der Waals surface area contributed by atoms with Crippen LogP contribution >= 0.6 is 0 Å². The van der Waals surface area contributed by atoms with Crippen LogP contribution in [0.15, 0.2) is 24.3 Å². The van der Waals surface area contributed by atoms with E-state index in [0.29, 0.717) is 5.92 Å². The fourth-order valence-corrected chi connectivity index (χ4v) is 3.10. The highest BCUT2D eigenvalue weighted by Gasteiger charge is 2.26. The van der Waals surface area contributed by atoms with Crippen molar-refractivity contribution >= 4 is 5.69 Å². The van der Waals surface area contributed by atoms with Crippen molar-refractivity contribution in [3.63, 3.8) is 0 Å². The van der Waals surface area contributed by atoms with E-state index in [2.05, 4.69) is 6.92 Å². The molecule has 0 bridgehead atoms. The molecule has 0 amide bonds. The fourth-order valence-electron chi connectivity index (χ4n) is 3.10. The van der Waals surface area contributed by atoms with Crippen molar-refractivity contribution < 1.29 is 4.92 Å². The lowest BCUT2D eigenvalue weighted by Crippen LogP contribution is -2.35. The predicted molar refractivity (Wildman–Crippen MR) is 75.9 cm³/mol. The van der Waals surface area contributed by atoms with E-state index in [4.69, 9.17) is 5.73 Å². The molecule has 1 fully saturated rings. The molecule has 2 rings (SSSR count). The lowest BCUT2D eigenvalue weighted by Gasteiger charge is -2.32.